The molecule has 2 N–H and O–H groups in total. The number of hydrogen-bond donors (Lipinski definition) is 1. The van der Waals surface area contributed by atoms with Gasteiger partial charge in [-0.15, -0.1) is 11.3 Å². The topological polar surface area (TPSA) is 67.6 Å². The monoisotopic (exact) mass is 480 g/mol. The number of hydrogen-bond acceptors (Lipinski definition) is 4. The molecule has 11 heteroatoms. The van der Waals surface area contributed by atoms with Gasteiger partial charge in [-0.2, -0.15) is 23.5 Å². The van der Waals surface area contributed by atoms with E-state index in [1.165, 1.54) is 11.3 Å². The minimum absolute atomic E-state index is 0.00359. The lowest BCUT2D eigenvalue weighted by molar-refractivity contribution is -0.137. The summed E-state index contributed by atoms with van der Waals surface area (Å²) in [5, 5.41) is 12.8. The van der Waals surface area contributed by atoms with Crippen molar-refractivity contribution in [1.29, 1.82) is 5.26 Å². The van der Waals surface area contributed by atoms with Crippen LogP contribution in [0.25, 0.3) is 16.1 Å². The smallest absolute Gasteiger partial charge is 0.383 e. The summed E-state index contributed by atoms with van der Waals surface area (Å²) < 4.78 is 40.6. The molecule has 0 radical (unpaired) electrons. The summed E-state index contributed by atoms with van der Waals surface area (Å²) in [4.78, 5) is 0.663. The molecule has 0 saturated heterocycles. The number of nitrogens with zero attached hydrogens (tertiary/aromatic N) is 3. The van der Waals surface area contributed by atoms with Crippen molar-refractivity contribution < 1.29 is 13.2 Å². The highest BCUT2D eigenvalue weighted by Crippen LogP contribution is 2.41. The molecular formula is C15H6BrCl2F3N4S. The molecule has 0 amide bonds. The van der Waals surface area contributed by atoms with Gasteiger partial charge in [0.1, 0.15) is 17.6 Å². The first-order chi connectivity index (χ1) is 12.1. The van der Waals surface area contributed by atoms with E-state index >= 15 is 0 Å². The highest BCUT2D eigenvalue weighted by atomic mass is 79.9. The van der Waals surface area contributed by atoms with Crippen molar-refractivity contribution in [2.24, 2.45) is 0 Å². The number of thiophene rings is 1. The fraction of sp³-hybridized carbons (Fsp3) is 0.0667. The summed E-state index contributed by atoms with van der Waals surface area (Å²) in [5.41, 5.74) is 5.45. The Morgan fingerprint density at radius 1 is 1.23 bits per heavy atom. The van der Waals surface area contributed by atoms with Crippen LogP contribution >= 0.6 is 50.5 Å². The van der Waals surface area contributed by atoms with Gasteiger partial charge in [-0.05, 0) is 40.2 Å². The summed E-state index contributed by atoms with van der Waals surface area (Å²) in [6.45, 7) is 0. The number of nitrogen functional groups attached to an aromatic ring is 1. The van der Waals surface area contributed by atoms with Gasteiger partial charge in [0.05, 0.1) is 25.0 Å². The molecule has 4 nitrogen and oxygen atoms in total. The molecule has 0 unspecified atom stereocenters. The Kier molecular flexibility index (Phi) is 4.96. The Morgan fingerprint density at radius 2 is 1.85 bits per heavy atom. The van der Waals surface area contributed by atoms with Gasteiger partial charge in [-0.1, -0.05) is 23.2 Å². The summed E-state index contributed by atoms with van der Waals surface area (Å²) in [6, 6.07) is 6.90. The van der Waals surface area contributed by atoms with Crippen molar-refractivity contribution in [3.8, 4) is 22.2 Å². The van der Waals surface area contributed by atoms with Crippen molar-refractivity contribution in [1.82, 2.24) is 9.78 Å². The van der Waals surface area contributed by atoms with Crippen LogP contribution < -0.4 is 5.73 Å². The van der Waals surface area contributed by atoms with E-state index in [1.54, 1.807) is 12.1 Å². The Bertz CT molecular complexity index is 1030. The Hall–Kier alpha value is -1.73. The van der Waals surface area contributed by atoms with E-state index in [1.807, 2.05) is 6.07 Å². The van der Waals surface area contributed by atoms with Crippen molar-refractivity contribution in [2.75, 3.05) is 5.73 Å². The second kappa shape index (κ2) is 6.78. The fourth-order valence-corrected chi connectivity index (χ4v) is 4.39. The molecule has 0 aliphatic carbocycles. The first-order valence-corrected chi connectivity index (χ1v) is 9.11. The van der Waals surface area contributed by atoms with Gasteiger partial charge in [0, 0.05) is 4.88 Å². The van der Waals surface area contributed by atoms with Crippen LogP contribution in [0.3, 0.4) is 0 Å². The van der Waals surface area contributed by atoms with E-state index in [4.69, 9.17) is 28.9 Å². The number of rotatable bonds is 2. The average molecular weight is 482 g/mol. The van der Waals surface area contributed by atoms with Crippen molar-refractivity contribution >= 4 is 56.3 Å². The van der Waals surface area contributed by atoms with Gasteiger partial charge in [-0.25, -0.2) is 4.68 Å². The third-order valence-corrected chi connectivity index (χ3v) is 5.62. The number of halogens is 6. The molecule has 0 saturated carbocycles. The number of anilines is 1. The van der Waals surface area contributed by atoms with E-state index in [-0.39, 0.29) is 27.2 Å². The van der Waals surface area contributed by atoms with Gasteiger partial charge in [0.15, 0.2) is 5.69 Å². The quantitative estimate of drug-likeness (QED) is 0.477. The minimum atomic E-state index is -4.60. The molecule has 0 aliphatic rings. The largest absolute Gasteiger partial charge is 0.416 e. The highest BCUT2D eigenvalue weighted by molar-refractivity contribution is 9.11. The highest BCUT2D eigenvalue weighted by Gasteiger charge is 2.33. The first kappa shape index (κ1) is 19.0. The Labute approximate surface area is 167 Å². The van der Waals surface area contributed by atoms with Crippen LogP contribution in [0.5, 0.6) is 0 Å². The minimum Gasteiger partial charge on any atom is -0.383 e. The van der Waals surface area contributed by atoms with Crippen LogP contribution in [0.1, 0.15) is 11.3 Å². The zero-order valence-electron chi connectivity index (χ0n) is 12.4. The second-order valence-corrected chi connectivity index (χ2v) is 8.30. The summed E-state index contributed by atoms with van der Waals surface area (Å²) in [5.74, 6) is 0.0412. The molecule has 3 rings (SSSR count). The molecule has 3 aromatic rings. The lowest BCUT2D eigenvalue weighted by Crippen LogP contribution is -2.08. The van der Waals surface area contributed by atoms with Gasteiger partial charge in [0.25, 0.3) is 0 Å². The average Bonchev–Trinajstić information content (AvgIpc) is 3.09. The number of benzene rings is 1. The van der Waals surface area contributed by atoms with E-state index < -0.39 is 11.7 Å². The van der Waals surface area contributed by atoms with E-state index in [0.717, 1.165) is 20.6 Å². The molecule has 0 atom stereocenters. The van der Waals surface area contributed by atoms with Gasteiger partial charge < -0.3 is 5.73 Å². The number of alkyl halides is 3. The van der Waals surface area contributed by atoms with Crippen LogP contribution in [-0.4, -0.2) is 9.78 Å². The molecule has 1 aromatic carbocycles. The SMILES string of the molecule is N#Cc1nn(-c2c(Cl)cc(C(F)(F)F)cc2Cl)c(N)c1-c1ccc(Br)s1. The van der Waals surface area contributed by atoms with Crippen molar-refractivity contribution in [2.45, 2.75) is 6.18 Å². The van der Waals surface area contributed by atoms with Crippen molar-refractivity contribution in [3.05, 3.63) is 49.4 Å². The van der Waals surface area contributed by atoms with Crippen molar-refractivity contribution in [3.63, 3.8) is 0 Å². The van der Waals surface area contributed by atoms with Crippen LogP contribution in [0.4, 0.5) is 19.0 Å². The predicted molar refractivity (Wildman–Crippen MR) is 98.7 cm³/mol. The van der Waals surface area contributed by atoms with Crippen LogP contribution in [0.2, 0.25) is 10.0 Å². The third-order valence-electron chi connectivity index (χ3n) is 3.40. The molecule has 2 heterocycles. The molecule has 2 aromatic heterocycles. The second-order valence-electron chi connectivity index (χ2n) is 5.02. The summed E-state index contributed by atoms with van der Waals surface area (Å²) in [7, 11) is 0. The predicted octanol–water partition coefficient (Wildman–Crippen LogP) is 6.14. The maximum atomic E-state index is 12.9. The molecule has 0 fully saturated rings. The van der Waals surface area contributed by atoms with E-state index in [9.17, 15) is 18.4 Å². The Morgan fingerprint density at radius 3 is 2.31 bits per heavy atom. The third kappa shape index (κ3) is 3.30. The first-order valence-electron chi connectivity index (χ1n) is 6.74. The van der Waals surface area contributed by atoms with Gasteiger partial charge in [-0.3, -0.25) is 0 Å². The van der Waals surface area contributed by atoms with Crippen LogP contribution in [0, 0.1) is 11.3 Å². The Balaban J connectivity index is 2.24. The standard InChI is InChI=1S/C15H6BrCl2F3N4S/c16-11-2-1-10(26-11)12-9(5-22)24-25(14(12)23)13-7(17)3-6(4-8(13)18)15(19,20)21/h1-4H,23H2. The molecule has 26 heavy (non-hydrogen) atoms. The van der Waals surface area contributed by atoms with Gasteiger partial charge in [0.2, 0.25) is 0 Å². The molecule has 0 aliphatic heterocycles. The molecule has 0 bridgehead atoms. The molecule has 0 spiro atoms. The molecular weight excluding hydrogens is 476 g/mol. The normalized spacial score (nSPS) is 11.6. The lowest BCUT2D eigenvalue weighted by Gasteiger charge is -2.13. The maximum absolute atomic E-state index is 12.9. The molecule has 134 valence electrons. The van der Waals surface area contributed by atoms with E-state index in [0.29, 0.717) is 10.4 Å². The van der Waals surface area contributed by atoms with E-state index in [2.05, 4.69) is 21.0 Å². The summed E-state index contributed by atoms with van der Waals surface area (Å²) in [6.07, 6.45) is -4.60. The van der Waals surface area contributed by atoms with Crippen LogP contribution in [-0.2, 0) is 6.18 Å². The summed E-state index contributed by atoms with van der Waals surface area (Å²) >= 11 is 16.7. The van der Waals surface area contributed by atoms with Gasteiger partial charge >= 0.3 is 6.18 Å². The lowest BCUT2D eigenvalue weighted by atomic mass is 10.2. The fourth-order valence-electron chi connectivity index (χ4n) is 2.30. The zero-order valence-corrected chi connectivity index (χ0v) is 16.3. The van der Waals surface area contributed by atoms with Crippen LogP contribution in [0.15, 0.2) is 28.1 Å². The number of aromatic nitrogens is 2. The number of nitrogens with two attached hydrogens (primary N) is 1. The number of nitriles is 1. The zero-order chi connectivity index (χ0) is 19.2. The maximum Gasteiger partial charge on any atom is 0.416 e.